The molecule has 1 N–H and O–H groups in total. The molecule has 0 bridgehead atoms. The lowest BCUT2D eigenvalue weighted by atomic mass is 10.2. The van der Waals surface area contributed by atoms with Crippen molar-refractivity contribution in [3.05, 3.63) is 33.8 Å². The van der Waals surface area contributed by atoms with E-state index in [0.29, 0.717) is 20.7 Å². The van der Waals surface area contributed by atoms with Gasteiger partial charge in [0.15, 0.2) is 0 Å². The van der Waals surface area contributed by atoms with Crippen LogP contribution in [0.2, 0.25) is 10.0 Å². The zero-order valence-electron chi connectivity index (χ0n) is 6.80. The molecule has 0 atom stereocenters. The molecule has 0 spiro atoms. The van der Waals surface area contributed by atoms with Gasteiger partial charge in [0.2, 0.25) is 0 Å². The van der Waals surface area contributed by atoms with Crippen LogP contribution in [-0.4, -0.2) is 11.3 Å². The molecule has 0 aliphatic heterocycles. The van der Waals surface area contributed by atoms with Crippen molar-refractivity contribution in [2.24, 2.45) is 0 Å². The highest BCUT2D eigenvalue weighted by atomic mass is 127. The van der Waals surface area contributed by atoms with Crippen LogP contribution in [0.15, 0.2) is 18.2 Å². The van der Waals surface area contributed by atoms with Gasteiger partial charge < -0.3 is 0 Å². The van der Waals surface area contributed by atoms with Crippen LogP contribution in [0.3, 0.4) is 0 Å². The van der Waals surface area contributed by atoms with E-state index >= 15 is 0 Å². The minimum absolute atomic E-state index is 0. The topological polar surface area (TPSA) is 23.9 Å². The minimum atomic E-state index is 0. The molecule has 0 fully saturated rings. The smallest absolute Gasteiger partial charge is 0.0955 e. The molecule has 0 saturated carbocycles. The Morgan fingerprint density at radius 3 is 2.54 bits per heavy atom. The predicted molar refractivity (Wildman–Crippen MR) is 72.2 cm³/mol. The fraction of sp³-hybridized carbons (Fsp3) is 0.125. The largest absolute Gasteiger partial charge is 0.293 e. The highest BCUT2D eigenvalue weighted by molar-refractivity contribution is 14.0. The van der Waals surface area contributed by atoms with Crippen molar-refractivity contribution in [2.75, 3.05) is 6.26 Å². The summed E-state index contributed by atoms with van der Waals surface area (Å²) >= 11 is 13.0. The van der Waals surface area contributed by atoms with Crippen LogP contribution in [0.25, 0.3) is 0 Å². The summed E-state index contributed by atoms with van der Waals surface area (Å²) in [7, 11) is 0. The Morgan fingerprint density at radius 1 is 1.38 bits per heavy atom. The van der Waals surface area contributed by atoms with E-state index in [1.165, 1.54) is 11.8 Å². The van der Waals surface area contributed by atoms with Gasteiger partial charge >= 0.3 is 0 Å². The summed E-state index contributed by atoms with van der Waals surface area (Å²) < 4.78 is 0. The summed E-state index contributed by atoms with van der Waals surface area (Å²) in [6.07, 6.45) is 1.83. The average molecular weight is 348 g/mol. The normalized spacial score (nSPS) is 9.15. The van der Waals surface area contributed by atoms with Gasteiger partial charge in [0.25, 0.3) is 0 Å². The highest BCUT2D eigenvalue weighted by Crippen LogP contribution is 2.23. The van der Waals surface area contributed by atoms with E-state index in [9.17, 15) is 0 Å². The van der Waals surface area contributed by atoms with Gasteiger partial charge in [0, 0.05) is 10.6 Å². The van der Waals surface area contributed by atoms with Crippen molar-refractivity contribution < 1.29 is 0 Å². The van der Waals surface area contributed by atoms with Crippen LogP contribution in [0.4, 0.5) is 0 Å². The van der Waals surface area contributed by atoms with E-state index in [1.54, 1.807) is 18.2 Å². The van der Waals surface area contributed by atoms with Gasteiger partial charge in [-0.1, -0.05) is 23.2 Å². The number of hydrogen-bond acceptors (Lipinski definition) is 2. The first-order valence-electron chi connectivity index (χ1n) is 3.23. The summed E-state index contributed by atoms with van der Waals surface area (Å²) in [5.41, 5.74) is 0.691. The molecule has 72 valence electrons. The van der Waals surface area contributed by atoms with Crippen LogP contribution >= 0.6 is 58.9 Å². The van der Waals surface area contributed by atoms with E-state index in [0.717, 1.165) is 0 Å². The molecule has 0 aliphatic carbocycles. The number of halogens is 3. The summed E-state index contributed by atoms with van der Waals surface area (Å²) in [5, 5.41) is 9.14. The second-order valence-electron chi connectivity index (χ2n) is 2.16. The van der Waals surface area contributed by atoms with E-state index in [4.69, 9.17) is 28.6 Å². The second-order valence-corrected chi connectivity index (χ2v) is 3.82. The van der Waals surface area contributed by atoms with Crippen LogP contribution in [0.5, 0.6) is 0 Å². The molecular weight excluding hydrogens is 340 g/mol. The summed E-state index contributed by atoms with van der Waals surface area (Å²) in [6, 6.07) is 5.10. The van der Waals surface area contributed by atoms with Crippen molar-refractivity contribution in [2.45, 2.75) is 0 Å². The van der Waals surface area contributed by atoms with Crippen molar-refractivity contribution in [3.63, 3.8) is 0 Å². The molecule has 1 rings (SSSR count). The first-order valence-corrected chi connectivity index (χ1v) is 5.21. The first kappa shape index (κ1) is 13.5. The molecule has 0 aliphatic rings. The SMILES string of the molecule is CSC(=N)c1cc(Cl)ccc1Cl.I. The molecule has 0 heterocycles. The molecular formula is C8H8Cl2INS. The number of hydrogen-bond donors (Lipinski definition) is 1. The van der Waals surface area contributed by atoms with Gasteiger partial charge in [-0.05, 0) is 24.5 Å². The fourth-order valence-corrected chi connectivity index (χ4v) is 1.61. The zero-order chi connectivity index (χ0) is 9.14. The Bertz CT molecular complexity index is 317. The Kier molecular flexibility index (Phi) is 6.37. The van der Waals surface area contributed by atoms with Gasteiger partial charge in [-0.15, -0.1) is 35.7 Å². The van der Waals surface area contributed by atoms with E-state index in [-0.39, 0.29) is 24.0 Å². The molecule has 1 aromatic carbocycles. The second kappa shape index (κ2) is 6.11. The quantitative estimate of drug-likeness (QED) is 0.457. The fourth-order valence-electron chi connectivity index (χ4n) is 0.781. The van der Waals surface area contributed by atoms with Crippen LogP contribution in [-0.2, 0) is 0 Å². The standard InChI is InChI=1S/C8H7Cl2NS.HI/c1-12-8(11)6-4-5(9)2-3-7(6)10;/h2-4,11H,1H3;1H. The lowest BCUT2D eigenvalue weighted by Crippen LogP contribution is -1.92. The molecule has 5 heteroatoms. The van der Waals surface area contributed by atoms with Gasteiger partial charge in [-0.3, -0.25) is 5.41 Å². The Hall–Kier alpha value is 0.550. The summed E-state index contributed by atoms with van der Waals surface area (Å²) in [4.78, 5) is 0. The Labute approximate surface area is 109 Å². The van der Waals surface area contributed by atoms with Crippen molar-refractivity contribution >= 4 is 64.0 Å². The van der Waals surface area contributed by atoms with Gasteiger partial charge in [0.05, 0.1) is 10.1 Å². The van der Waals surface area contributed by atoms with Crippen LogP contribution in [0.1, 0.15) is 5.56 Å². The molecule has 13 heavy (non-hydrogen) atoms. The molecule has 0 saturated heterocycles. The molecule has 0 unspecified atom stereocenters. The van der Waals surface area contributed by atoms with Gasteiger partial charge in [0.1, 0.15) is 0 Å². The van der Waals surface area contributed by atoms with Crippen LogP contribution in [0, 0.1) is 5.41 Å². The minimum Gasteiger partial charge on any atom is -0.293 e. The summed E-state index contributed by atoms with van der Waals surface area (Å²) in [6.45, 7) is 0. The van der Waals surface area contributed by atoms with Gasteiger partial charge in [-0.25, -0.2) is 0 Å². The third-order valence-corrected chi connectivity index (χ3v) is 2.57. The van der Waals surface area contributed by atoms with Crippen molar-refractivity contribution in [1.29, 1.82) is 5.41 Å². The van der Waals surface area contributed by atoms with E-state index in [2.05, 4.69) is 0 Å². The first-order chi connectivity index (χ1) is 5.65. The van der Waals surface area contributed by atoms with E-state index < -0.39 is 0 Å². The van der Waals surface area contributed by atoms with Crippen molar-refractivity contribution in [1.82, 2.24) is 0 Å². The van der Waals surface area contributed by atoms with Gasteiger partial charge in [-0.2, -0.15) is 0 Å². The monoisotopic (exact) mass is 347 g/mol. The highest BCUT2D eigenvalue weighted by Gasteiger charge is 2.05. The maximum absolute atomic E-state index is 7.54. The Balaban J connectivity index is 0.00000144. The maximum atomic E-state index is 7.54. The lowest BCUT2D eigenvalue weighted by molar-refractivity contribution is 1.53. The molecule has 0 radical (unpaired) electrons. The third-order valence-electron chi connectivity index (χ3n) is 1.38. The molecule has 0 aromatic heterocycles. The molecule has 0 amide bonds. The number of rotatable bonds is 1. The molecule has 1 aromatic rings. The van der Waals surface area contributed by atoms with Crippen molar-refractivity contribution in [3.8, 4) is 0 Å². The van der Waals surface area contributed by atoms with E-state index in [1.807, 2.05) is 6.26 Å². The zero-order valence-corrected chi connectivity index (χ0v) is 11.5. The predicted octanol–water partition coefficient (Wildman–Crippen LogP) is 4.30. The maximum Gasteiger partial charge on any atom is 0.0955 e. The number of nitrogens with one attached hydrogen (secondary N) is 1. The number of benzene rings is 1. The average Bonchev–Trinajstić information content (AvgIpc) is 2.08. The lowest BCUT2D eigenvalue weighted by Gasteiger charge is -2.03. The molecule has 1 nitrogen and oxygen atoms in total. The third kappa shape index (κ3) is 3.65. The van der Waals surface area contributed by atoms with Crippen LogP contribution < -0.4 is 0 Å². The summed E-state index contributed by atoms with van der Waals surface area (Å²) in [5.74, 6) is 0. The Morgan fingerprint density at radius 2 is 2.00 bits per heavy atom. The number of thioether (sulfide) groups is 1.